The van der Waals surface area contributed by atoms with E-state index in [1.165, 1.54) is 29.2 Å². The van der Waals surface area contributed by atoms with Crippen molar-refractivity contribution in [2.75, 3.05) is 26.0 Å². The van der Waals surface area contributed by atoms with Gasteiger partial charge >= 0.3 is 12.1 Å². The summed E-state index contributed by atoms with van der Waals surface area (Å²) >= 11 is 0. The van der Waals surface area contributed by atoms with Crippen molar-refractivity contribution in [2.45, 2.75) is 103 Å². The van der Waals surface area contributed by atoms with Gasteiger partial charge in [-0.25, -0.2) is 31.4 Å². The molecule has 0 saturated carbocycles. The number of ether oxygens (including phenoxy) is 4. The summed E-state index contributed by atoms with van der Waals surface area (Å²) in [6.45, 7) is 17.9. The van der Waals surface area contributed by atoms with Crippen molar-refractivity contribution in [3.8, 4) is 22.8 Å². The monoisotopic (exact) mass is 896 g/mol. The fourth-order valence-corrected chi connectivity index (χ4v) is 9.31. The minimum Gasteiger partial charge on any atom is -0.466 e. The SMILES string of the molecule is CCOC(=O)C(C)Cc1cccc(C2c3nc(-c4cc(Oc5c(F)cc6c(ccn6COCC[Si](C)(C)C)c5S(C)(=O)=O)ccc4F)c(C)n3CCN2C(=O)OC(C)(C)C)c1F. The minimum atomic E-state index is -4.09. The van der Waals surface area contributed by atoms with Crippen molar-refractivity contribution in [2.24, 2.45) is 5.92 Å². The number of sulfone groups is 1. The van der Waals surface area contributed by atoms with Crippen molar-refractivity contribution >= 4 is 40.9 Å². The van der Waals surface area contributed by atoms with Crippen LogP contribution in [0.3, 0.4) is 0 Å². The summed E-state index contributed by atoms with van der Waals surface area (Å²) in [4.78, 5) is 32.2. The Kier molecular flexibility index (Phi) is 13.4. The maximum Gasteiger partial charge on any atom is 0.411 e. The number of hydrogen-bond acceptors (Lipinski definition) is 9. The second kappa shape index (κ2) is 17.9. The van der Waals surface area contributed by atoms with E-state index in [0.29, 0.717) is 17.8 Å². The van der Waals surface area contributed by atoms with E-state index in [1.54, 1.807) is 75.1 Å². The quantitative estimate of drug-likeness (QED) is 0.0607. The van der Waals surface area contributed by atoms with Gasteiger partial charge < -0.3 is 28.1 Å². The number of carbonyl (C=O) groups excluding carboxylic acids is 2. The highest BCUT2D eigenvalue weighted by Crippen LogP contribution is 2.42. The molecule has 1 amide bonds. The molecular weight excluding hydrogens is 842 g/mol. The molecule has 2 aromatic heterocycles. The van der Waals surface area contributed by atoms with Gasteiger partial charge in [-0.2, -0.15) is 0 Å². The van der Waals surface area contributed by atoms with Crippen LogP contribution in [-0.2, 0) is 48.5 Å². The Morgan fingerprint density at radius 2 is 1.74 bits per heavy atom. The summed E-state index contributed by atoms with van der Waals surface area (Å²) in [5.41, 5.74) is 0.280. The maximum atomic E-state index is 16.7. The lowest BCUT2D eigenvalue weighted by atomic mass is 9.94. The molecule has 12 nitrogen and oxygen atoms in total. The highest BCUT2D eigenvalue weighted by Gasteiger charge is 2.40. The predicted octanol–water partition coefficient (Wildman–Crippen LogP) is 9.82. The number of halogens is 3. The number of nitrogens with zero attached hydrogens (tertiary/aromatic N) is 4. The molecule has 2 atom stereocenters. The van der Waals surface area contributed by atoms with E-state index in [-0.39, 0.29) is 77.1 Å². The molecule has 334 valence electrons. The van der Waals surface area contributed by atoms with Crippen LogP contribution in [0.25, 0.3) is 22.2 Å². The summed E-state index contributed by atoms with van der Waals surface area (Å²) in [5, 5.41) is 0.227. The predicted molar refractivity (Wildman–Crippen MR) is 232 cm³/mol. The average molecular weight is 897 g/mol. The number of hydrogen-bond donors (Lipinski definition) is 0. The van der Waals surface area contributed by atoms with Crippen LogP contribution in [0.2, 0.25) is 25.7 Å². The van der Waals surface area contributed by atoms with Gasteiger partial charge in [-0.1, -0.05) is 44.8 Å². The molecule has 0 aliphatic carbocycles. The number of esters is 1. The molecule has 6 rings (SSSR count). The third-order valence-corrected chi connectivity index (χ3v) is 13.4. The van der Waals surface area contributed by atoms with Gasteiger partial charge in [-0.3, -0.25) is 9.69 Å². The number of aromatic nitrogens is 3. The van der Waals surface area contributed by atoms with E-state index in [0.717, 1.165) is 18.4 Å². The van der Waals surface area contributed by atoms with E-state index in [9.17, 15) is 18.0 Å². The molecular formula is C45H55F3N4O8SSi. The lowest BCUT2D eigenvalue weighted by Crippen LogP contribution is -2.45. The zero-order chi connectivity index (χ0) is 45.5. The van der Waals surface area contributed by atoms with Crippen molar-refractivity contribution in [1.82, 2.24) is 19.0 Å². The summed E-state index contributed by atoms with van der Waals surface area (Å²) < 4.78 is 102. The van der Waals surface area contributed by atoms with Crippen molar-refractivity contribution in [1.29, 1.82) is 0 Å². The first-order valence-corrected chi connectivity index (χ1v) is 26.2. The second-order valence-corrected chi connectivity index (χ2v) is 25.5. The topological polar surface area (TPSA) is 131 Å². The second-order valence-electron chi connectivity index (χ2n) is 17.9. The standard InChI is InChI=1S/C45H55F3N4O8SSi/c1-11-58-43(53)27(2)23-29-13-12-14-32(37(29)48)39-42-49-38(28(3)51(42)19-20-52(39)44(54)60-45(4,5)6)33-24-30(15-16-34(33)46)59-40-35(47)25-36-31(41(40)61(7,55)56)17-18-50(36)26-57-21-22-62(8,9)10/h12-18,24-25,27,39H,11,19-23,26H2,1-10H3. The lowest BCUT2D eigenvalue weighted by molar-refractivity contribution is -0.147. The van der Waals surface area contributed by atoms with Crippen LogP contribution in [0.15, 0.2) is 59.6 Å². The summed E-state index contributed by atoms with van der Waals surface area (Å²) in [7, 11) is -5.45. The van der Waals surface area contributed by atoms with Gasteiger partial charge in [-0.15, -0.1) is 0 Å². The zero-order valence-corrected chi connectivity index (χ0v) is 38.7. The number of benzene rings is 3. The normalized spacial score (nSPS) is 15.1. The molecule has 1 aliphatic heterocycles. The molecule has 0 spiro atoms. The number of carbonyl (C=O) groups is 2. The third kappa shape index (κ3) is 10.0. The van der Waals surface area contributed by atoms with Gasteiger partial charge in [-0.05, 0) is 76.9 Å². The van der Waals surface area contributed by atoms with Crippen molar-refractivity contribution in [3.63, 3.8) is 0 Å². The Balaban J connectivity index is 1.40. The van der Waals surface area contributed by atoms with E-state index < -0.39 is 70.7 Å². The van der Waals surface area contributed by atoms with Crippen LogP contribution in [0, 0.1) is 30.3 Å². The summed E-state index contributed by atoms with van der Waals surface area (Å²) in [5.74, 6) is -3.87. The summed E-state index contributed by atoms with van der Waals surface area (Å²) in [6, 6.07) is 10.9. The fourth-order valence-electron chi connectivity index (χ4n) is 7.51. The van der Waals surface area contributed by atoms with Crippen LogP contribution in [-0.4, -0.2) is 79.2 Å². The number of imidazole rings is 1. The molecule has 5 aromatic rings. The maximum absolute atomic E-state index is 16.7. The number of amides is 1. The van der Waals surface area contributed by atoms with Gasteiger partial charge in [0.25, 0.3) is 0 Å². The fraction of sp³-hybridized carbons (Fsp3) is 0.444. The molecule has 62 heavy (non-hydrogen) atoms. The molecule has 0 N–H and O–H groups in total. The highest BCUT2D eigenvalue weighted by atomic mass is 32.2. The Labute approximate surface area is 361 Å². The average Bonchev–Trinajstić information content (AvgIpc) is 3.72. The van der Waals surface area contributed by atoms with Crippen LogP contribution in [0.4, 0.5) is 18.0 Å². The smallest absolute Gasteiger partial charge is 0.411 e. The van der Waals surface area contributed by atoms with Crippen LogP contribution >= 0.6 is 0 Å². The van der Waals surface area contributed by atoms with Crippen LogP contribution in [0.1, 0.15) is 63.3 Å². The molecule has 1 aliphatic rings. The summed E-state index contributed by atoms with van der Waals surface area (Å²) in [6.07, 6.45) is 1.90. The molecule has 2 unspecified atom stereocenters. The van der Waals surface area contributed by atoms with Crippen LogP contribution < -0.4 is 4.74 Å². The molecule has 0 fully saturated rings. The number of fused-ring (bicyclic) bond motifs is 2. The van der Waals surface area contributed by atoms with Gasteiger partial charge in [0.15, 0.2) is 21.4 Å². The van der Waals surface area contributed by atoms with Gasteiger partial charge in [0.05, 0.1) is 23.7 Å². The lowest BCUT2D eigenvalue weighted by Gasteiger charge is -2.37. The van der Waals surface area contributed by atoms with Gasteiger partial charge in [0.2, 0.25) is 0 Å². The highest BCUT2D eigenvalue weighted by molar-refractivity contribution is 7.91. The van der Waals surface area contributed by atoms with Gasteiger partial charge in [0, 0.05) is 68.5 Å². The van der Waals surface area contributed by atoms with Crippen LogP contribution in [0.5, 0.6) is 11.5 Å². The van der Waals surface area contributed by atoms with E-state index in [1.807, 2.05) is 0 Å². The van der Waals surface area contributed by atoms with E-state index >= 15 is 13.2 Å². The zero-order valence-electron chi connectivity index (χ0n) is 36.9. The van der Waals surface area contributed by atoms with Crippen molar-refractivity contribution in [3.05, 3.63) is 94.8 Å². The third-order valence-electron chi connectivity index (χ3n) is 10.6. The van der Waals surface area contributed by atoms with E-state index in [4.69, 9.17) is 23.9 Å². The molecule has 0 bridgehead atoms. The van der Waals surface area contributed by atoms with Gasteiger partial charge in [0.1, 0.15) is 46.5 Å². The Bertz CT molecular complexity index is 2620. The molecule has 3 aromatic carbocycles. The Morgan fingerprint density at radius 3 is 2.40 bits per heavy atom. The first-order valence-electron chi connectivity index (χ1n) is 20.6. The Hall–Kier alpha value is -5.13. The first kappa shape index (κ1) is 46.4. The molecule has 3 heterocycles. The Morgan fingerprint density at radius 1 is 1.02 bits per heavy atom. The molecule has 17 heteroatoms. The first-order chi connectivity index (χ1) is 29.0. The molecule has 0 saturated heterocycles. The van der Waals surface area contributed by atoms with Crippen molar-refractivity contribution < 1.29 is 50.1 Å². The minimum absolute atomic E-state index is 0.0298. The van der Waals surface area contributed by atoms with E-state index in [2.05, 4.69) is 19.6 Å². The molecule has 0 radical (unpaired) electrons. The number of rotatable bonds is 14. The largest absolute Gasteiger partial charge is 0.466 e.